The van der Waals surface area contributed by atoms with Gasteiger partial charge in [0.2, 0.25) is 0 Å². The van der Waals surface area contributed by atoms with E-state index >= 15 is 0 Å². The van der Waals surface area contributed by atoms with Gasteiger partial charge in [-0.15, -0.1) is 24.2 Å². The Morgan fingerprint density at radius 2 is 1.97 bits per heavy atom. The molecule has 4 rings (SSSR count). The van der Waals surface area contributed by atoms with E-state index in [0.29, 0.717) is 42.5 Å². The molecule has 34 heavy (non-hydrogen) atoms. The maximum Gasteiger partial charge on any atom is 0.260 e. The molecule has 1 aliphatic heterocycles. The summed E-state index contributed by atoms with van der Waals surface area (Å²) in [6.07, 6.45) is 1.19. The standard InChI is InChI=1S/C23H27N3O4S3.ClH/c1-3-31-18-6-4-5-17(15-18)22(27)26(10-9-25-11-13-30-14-12-25)23-24-20-8-7-19(33(2,28)29)16-21(20)32-23;/h4-8,15-16H,3,9-14H2,1-2H3;1H. The van der Waals surface area contributed by atoms with Gasteiger partial charge < -0.3 is 4.74 Å². The topological polar surface area (TPSA) is 79.8 Å². The second-order valence-electron chi connectivity index (χ2n) is 7.77. The van der Waals surface area contributed by atoms with E-state index in [-0.39, 0.29) is 23.2 Å². The van der Waals surface area contributed by atoms with Crippen LogP contribution in [-0.2, 0) is 14.6 Å². The molecule has 0 spiro atoms. The van der Waals surface area contributed by atoms with Crippen LogP contribution in [0.15, 0.2) is 52.3 Å². The van der Waals surface area contributed by atoms with Crippen LogP contribution in [0.25, 0.3) is 10.2 Å². The molecule has 11 heteroatoms. The number of anilines is 1. The molecule has 1 aliphatic rings. The Hall–Kier alpha value is -1.69. The summed E-state index contributed by atoms with van der Waals surface area (Å²) in [5, 5.41) is 0.572. The van der Waals surface area contributed by atoms with E-state index < -0.39 is 9.84 Å². The van der Waals surface area contributed by atoms with Crippen LogP contribution in [0.3, 0.4) is 0 Å². The molecule has 2 heterocycles. The molecule has 0 bridgehead atoms. The van der Waals surface area contributed by atoms with E-state index in [0.717, 1.165) is 28.4 Å². The zero-order valence-corrected chi connectivity index (χ0v) is 22.4. The SMILES string of the molecule is CCSc1cccc(C(=O)N(CCN2CCOCC2)c2nc3ccc(S(C)(=O)=O)cc3s2)c1.Cl. The molecule has 0 saturated carbocycles. The highest BCUT2D eigenvalue weighted by atomic mass is 35.5. The molecule has 0 N–H and O–H groups in total. The second kappa shape index (κ2) is 11.8. The van der Waals surface area contributed by atoms with Gasteiger partial charge in [-0.25, -0.2) is 13.4 Å². The fourth-order valence-corrected chi connectivity index (χ4v) is 6.10. The highest BCUT2D eigenvalue weighted by molar-refractivity contribution is 7.99. The third kappa shape index (κ3) is 6.50. The van der Waals surface area contributed by atoms with E-state index in [1.807, 2.05) is 24.3 Å². The molecule has 3 aromatic rings. The number of sulfone groups is 1. The molecule has 2 aromatic carbocycles. The summed E-state index contributed by atoms with van der Waals surface area (Å²) >= 11 is 3.04. The number of amides is 1. The molecule has 0 atom stereocenters. The van der Waals surface area contributed by atoms with Gasteiger partial charge in [-0.1, -0.05) is 24.3 Å². The number of carbonyl (C=O) groups excluding carboxylic acids is 1. The smallest absolute Gasteiger partial charge is 0.260 e. The van der Waals surface area contributed by atoms with E-state index in [2.05, 4.69) is 16.8 Å². The predicted molar refractivity (Wildman–Crippen MR) is 142 cm³/mol. The number of halogens is 1. The molecular formula is C23H28ClN3O4S3. The van der Waals surface area contributed by atoms with Crippen molar-refractivity contribution in [1.29, 1.82) is 0 Å². The Labute approximate surface area is 214 Å². The number of benzene rings is 2. The number of fused-ring (bicyclic) bond motifs is 1. The van der Waals surface area contributed by atoms with Gasteiger partial charge in [-0.3, -0.25) is 14.6 Å². The monoisotopic (exact) mass is 541 g/mol. The first-order valence-corrected chi connectivity index (χ1v) is 14.5. The van der Waals surface area contributed by atoms with Crippen molar-refractivity contribution in [2.75, 3.05) is 56.3 Å². The van der Waals surface area contributed by atoms with Gasteiger partial charge in [0, 0.05) is 42.9 Å². The van der Waals surface area contributed by atoms with E-state index in [9.17, 15) is 13.2 Å². The van der Waals surface area contributed by atoms with Gasteiger partial charge in [-0.05, 0) is 42.2 Å². The molecule has 1 aromatic heterocycles. The summed E-state index contributed by atoms with van der Waals surface area (Å²) in [7, 11) is -3.32. The Kier molecular flexibility index (Phi) is 9.36. The van der Waals surface area contributed by atoms with Crippen LogP contribution in [0, 0.1) is 0 Å². The van der Waals surface area contributed by atoms with Crippen molar-refractivity contribution in [3.8, 4) is 0 Å². The van der Waals surface area contributed by atoms with E-state index in [4.69, 9.17) is 4.74 Å². The van der Waals surface area contributed by atoms with Gasteiger partial charge in [0.25, 0.3) is 5.91 Å². The molecule has 184 valence electrons. The molecule has 0 aliphatic carbocycles. The molecule has 1 fully saturated rings. The van der Waals surface area contributed by atoms with Crippen LogP contribution in [-0.4, -0.2) is 75.6 Å². The number of carbonyl (C=O) groups is 1. The number of ether oxygens (including phenoxy) is 1. The summed E-state index contributed by atoms with van der Waals surface area (Å²) in [6.45, 7) is 6.34. The number of rotatable bonds is 8. The summed E-state index contributed by atoms with van der Waals surface area (Å²) in [6, 6.07) is 12.6. The zero-order chi connectivity index (χ0) is 23.4. The normalized spacial score (nSPS) is 14.6. The van der Waals surface area contributed by atoms with Crippen molar-refractivity contribution in [3.63, 3.8) is 0 Å². The molecule has 1 amide bonds. The lowest BCUT2D eigenvalue weighted by atomic mass is 10.2. The van der Waals surface area contributed by atoms with Crippen LogP contribution < -0.4 is 4.90 Å². The minimum Gasteiger partial charge on any atom is -0.379 e. The first-order chi connectivity index (χ1) is 15.8. The summed E-state index contributed by atoms with van der Waals surface area (Å²) in [5.74, 6) is 0.822. The van der Waals surface area contributed by atoms with Crippen molar-refractivity contribution in [2.24, 2.45) is 0 Å². The van der Waals surface area contributed by atoms with Crippen molar-refractivity contribution in [3.05, 3.63) is 48.0 Å². The first-order valence-electron chi connectivity index (χ1n) is 10.8. The fourth-order valence-electron chi connectivity index (χ4n) is 3.63. The minimum atomic E-state index is -3.32. The van der Waals surface area contributed by atoms with Crippen molar-refractivity contribution in [2.45, 2.75) is 16.7 Å². The Bertz CT molecular complexity index is 1240. The second-order valence-corrected chi connectivity index (χ2v) is 12.1. The van der Waals surface area contributed by atoms with E-state index in [1.54, 1.807) is 34.9 Å². The quantitative estimate of drug-likeness (QED) is 0.395. The number of thiazole rings is 1. The van der Waals surface area contributed by atoms with Crippen LogP contribution in [0.1, 0.15) is 17.3 Å². The van der Waals surface area contributed by atoms with Gasteiger partial charge in [0.15, 0.2) is 15.0 Å². The van der Waals surface area contributed by atoms with Crippen LogP contribution in [0.4, 0.5) is 5.13 Å². The molecule has 0 unspecified atom stereocenters. The number of aromatic nitrogens is 1. The maximum absolute atomic E-state index is 13.6. The highest BCUT2D eigenvalue weighted by Gasteiger charge is 2.23. The number of hydrogen-bond donors (Lipinski definition) is 0. The van der Waals surface area contributed by atoms with Crippen LogP contribution >= 0.6 is 35.5 Å². The Morgan fingerprint density at radius 1 is 1.21 bits per heavy atom. The average molecular weight is 542 g/mol. The number of hydrogen-bond acceptors (Lipinski definition) is 8. The third-order valence-electron chi connectivity index (χ3n) is 5.39. The lowest BCUT2D eigenvalue weighted by Gasteiger charge is -2.29. The van der Waals surface area contributed by atoms with Gasteiger partial charge in [0.05, 0.1) is 28.3 Å². The summed E-state index contributed by atoms with van der Waals surface area (Å²) < 4.78 is 30.1. The molecule has 7 nitrogen and oxygen atoms in total. The van der Waals surface area contributed by atoms with Crippen molar-refractivity contribution in [1.82, 2.24) is 9.88 Å². The number of thioether (sulfide) groups is 1. The predicted octanol–water partition coefficient (Wildman–Crippen LogP) is 4.21. The zero-order valence-electron chi connectivity index (χ0n) is 19.1. The summed E-state index contributed by atoms with van der Waals surface area (Å²) in [4.78, 5) is 23.6. The van der Waals surface area contributed by atoms with Gasteiger partial charge in [-0.2, -0.15) is 0 Å². The Morgan fingerprint density at radius 3 is 2.68 bits per heavy atom. The maximum atomic E-state index is 13.6. The first kappa shape index (κ1) is 26.9. The average Bonchev–Trinajstić information content (AvgIpc) is 3.23. The molecule has 1 saturated heterocycles. The van der Waals surface area contributed by atoms with Crippen molar-refractivity contribution < 1.29 is 17.9 Å². The number of nitrogens with zero attached hydrogens (tertiary/aromatic N) is 3. The highest BCUT2D eigenvalue weighted by Crippen LogP contribution is 2.32. The minimum absolute atomic E-state index is 0. The third-order valence-corrected chi connectivity index (χ3v) is 8.42. The lowest BCUT2D eigenvalue weighted by Crippen LogP contribution is -2.43. The van der Waals surface area contributed by atoms with Crippen LogP contribution in [0.5, 0.6) is 0 Å². The van der Waals surface area contributed by atoms with Gasteiger partial charge >= 0.3 is 0 Å². The molecular weight excluding hydrogens is 514 g/mol. The van der Waals surface area contributed by atoms with Gasteiger partial charge in [0.1, 0.15) is 0 Å². The summed E-state index contributed by atoms with van der Waals surface area (Å²) in [5.41, 5.74) is 1.30. The molecule has 0 radical (unpaired) electrons. The van der Waals surface area contributed by atoms with Crippen molar-refractivity contribution >= 4 is 66.6 Å². The largest absolute Gasteiger partial charge is 0.379 e. The van der Waals surface area contributed by atoms with Crippen LogP contribution in [0.2, 0.25) is 0 Å². The fraction of sp³-hybridized carbons (Fsp3) is 0.391. The van der Waals surface area contributed by atoms with E-state index in [1.165, 1.54) is 17.6 Å². The Balaban J connectivity index is 0.00000324. The number of morpholine rings is 1. The lowest BCUT2D eigenvalue weighted by molar-refractivity contribution is 0.0391.